The standard InChI is InChI=1S/C19H25O3P/c1-12-8-16(9-13(2)18(12)20-5)23(22-7)17-10-14(3)19(21-6)15(4)11-17/h8-11H,1-7H3. The van der Waals surface area contributed by atoms with E-state index in [0.717, 1.165) is 33.8 Å². The van der Waals surface area contributed by atoms with Crippen LogP contribution >= 0.6 is 8.15 Å². The van der Waals surface area contributed by atoms with Gasteiger partial charge in [0.25, 0.3) is 0 Å². The largest absolute Gasteiger partial charge is 0.496 e. The Kier molecular flexibility index (Phi) is 5.67. The Morgan fingerprint density at radius 1 is 0.609 bits per heavy atom. The van der Waals surface area contributed by atoms with Crippen molar-refractivity contribution in [2.45, 2.75) is 27.7 Å². The molecular formula is C19H25O3P. The van der Waals surface area contributed by atoms with Crippen LogP contribution in [0.4, 0.5) is 0 Å². The average molecular weight is 332 g/mol. The molecule has 124 valence electrons. The highest BCUT2D eigenvalue weighted by Crippen LogP contribution is 2.38. The van der Waals surface area contributed by atoms with Gasteiger partial charge in [0, 0.05) is 17.7 Å². The maximum absolute atomic E-state index is 5.87. The molecule has 0 spiro atoms. The van der Waals surface area contributed by atoms with Gasteiger partial charge < -0.3 is 14.0 Å². The minimum atomic E-state index is -0.859. The van der Waals surface area contributed by atoms with Crippen molar-refractivity contribution in [1.82, 2.24) is 0 Å². The Labute approximate surface area is 140 Å². The monoisotopic (exact) mass is 332 g/mol. The Morgan fingerprint density at radius 3 is 1.13 bits per heavy atom. The summed E-state index contributed by atoms with van der Waals surface area (Å²) in [6.45, 7) is 8.29. The van der Waals surface area contributed by atoms with E-state index in [1.54, 1.807) is 21.3 Å². The van der Waals surface area contributed by atoms with Gasteiger partial charge in [0.2, 0.25) is 0 Å². The van der Waals surface area contributed by atoms with Crippen molar-refractivity contribution < 1.29 is 14.0 Å². The molecule has 0 bridgehead atoms. The summed E-state index contributed by atoms with van der Waals surface area (Å²) in [5.74, 6) is 1.89. The van der Waals surface area contributed by atoms with Gasteiger partial charge in [-0.2, -0.15) is 0 Å². The average Bonchev–Trinajstić information content (AvgIpc) is 2.47. The number of rotatable bonds is 5. The molecule has 23 heavy (non-hydrogen) atoms. The molecule has 0 aliphatic heterocycles. The van der Waals surface area contributed by atoms with Crippen LogP contribution in [-0.2, 0) is 4.52 Å². The van der Waals surface area contributed by atoms with Crippen molar-refractivity contribution in [2.24, 2.45) is 0 Å². The molecule has 2 rings (SSSR count). The molecule has 0 radical (unpaired) electrons. The molecule has 2 aromatic rings. The van der Waals surface area contributed by atoms with E-state index in [-0.39, 0.29) is 0 Å². The SMILES string of the molecule is COc1c(C)cc(P(OC)c2cc(C)c(OC)c(C)c2)cc1C. The van der Waals surface area contributed by atoms with Crippen LogP contribution in [0, 0.1) is 27.7 Å². The summed E-state index contributed by atoms with van der Waals surface area (Å²) in [6, 6.07) is 8.65. The van der Waals surface area contributed by atoms with E-state index in [0.29, 0.717) is 0 Å². The van der Waals surface area contributed by atoms with Gasteiger partial charge in [-0.3, -0.25) is 0 Å². The first-order chi connectivity index (χ1) is 10.9. The predicted molar refractivity (Wildman–Crippen MR) is 98.1 cm³/mol. The third-order valence-corrected chi connectivity index (χ3v) is 5.77. The Morgan fingerprint density at radius 2 is 0.913 bits per heavy atom. The van der Waals surface area contributed by atoms with E-state index in [2.05, 4.69) is 52.0 Å². The topological polar surface area (TPSA) is 27.7 Å². The fourth-order valence-corrected chi connectivity index (χ4v) is 5.06. The maximum Gasteiger partial charge on any atom is 0.124 e. The van der Waals surface area contributed by atoms with Crippen molar-refractivity contribution in [3.8, 4) is 11.5 Å². The van der Waals surface area contributed by atoms with Gasteiger partial charge in [0.15, 0.2) is 0 Å². The first kappa shape index (κ1) is 17.8. The molecule has 3 nitrogen and oxygen atoms in total. The van der Waals surface area contributed by atoms with Crippen LogP contribution < -0.4 is 20.1 Å². The van der Waals surface area contributed by atoms with Crippen molar-refractivity contribution >= 4 is 18.8 Å². The van der Waals surface area contributed by atoms with Gasteiger partial charge in [0.1, 0.15) is 11.5 Å². The molecule has 0 amide bonds. The van der Waals surface area contributed by atoms with Crippen LogP contribution in [-0.4, -0.2) is 21.3 Å². The minimum Gasteiger partial charge on any atom is -0.496 e. The Hall–Kier alpha value is -1.57. The van der Waals surface area contributed by atoms with E-state index >= 15 is 0 Å². The molecule has 0 fully saturated rings. The number of hydrogen-bond acceptors (Lipinski definition) is 3. The third-order valence-electron chi connectivity index (χ3n) is 3.95. The van der Waals surface area contributed by atoms with Crippen LogP contribution in [0.5, 0.6) is 11.5 Å². The molecule has 0 aliphatic carbocycles. The normalized spacial score (nSPS) is 11.0. The summed E-state index contributed by atoms with van der Waals surface area (Å²) >= 11 is 0. The summed E-state index contributed by atoms with van der Waals surface area (Å²) in [5, 5.41) is 2.39. The number of aryl methyl sites for hydroxylation is 4. The molecule has 4 heteroatoms. The van der Waals surface area contributed by atoms with Crippen LogP contribution in [0.15, 0.2) is 24.3 Å². The fraction of sp³-hybridized carbons (Fsp3) is 0.368. The van der Waals surface area contributed by atoms with Gasteiger partial charge >= 0.3 is 0 Å². The molecule has 2 aromatic carbocycles. The second-order valence-corrected chi connectivity index (χ2v) is 7.69. The first-order valence-electron chi connectivity index (χ1n) is 7.57. The summed E-state index contributed by atoms with van der Waals surface area (Å²) < 4.78 is 16.8. The van der Waals surface area contributed by atoms with Crippen molar-refractivity contribution in [3.63, 3.8) is 0 Å². The quantitative estimate of drug-likeness (QED) is 0.777. The maximum atomic E-state index is 5.87. The molecule has 0 aliphatic rings. The Bertz CT molecular complexity index is 604. The minimum absolute atomic E-state index is 0.859. The highest BCUT2D eigenvalue weighted by Gasteiger charge is 2.19. The van der Waals surface area contributed by atoms with Crippen LogP contribution in [0.25, 0.3) is 0 Å². The number of benzene rings is 2. The van der Waals surface area contributed by atoms with Crippen molar-refractivity contribution in [2.75, 3.05) is 21.3 Å². The molecule has 0 saturated heterocycles. The van der Waals surface area contributed by atoms with E-state index in [1.165, 1.54) is 10.6 Å². The zero-order valence-corrected chi connectivity index (χ0v) is 15.9. The zero-order chi connectivity index (χ0) is 17.1. The van der Waals surface area contributed by atoms with E-state index in [4.69, 9.17) is 14.0 Å². The number of methoxy groups -OCH3 is 2. The molecule has 0 atom stereocenters. The predicted octanol–water partition coefficient (Wildman–Crippen LogP) is 3.93. The lowest BCUT2D eigenvalue weighted by Crippen LogP contribution is -2.15. The lowest BCUT2D eigenvalue weighted by molar-refractivity contribution is 0.408. The lowest BCUT2D eigenvalue weighted by atomic mass is 10.1. The summed E-state index contributed by atoms with van der Waals surface area (Å²) in [7, 11) is 4.34. The second kappa shape index (κ2) is 7.33. The summed E-state index contributed by atoms with van der Waals surface area (Å²) in [6.07, 6.45) is 0. The smallest absolute Gasteiger partial charge is 0.124 e. The van der Waals surface area contributed by atoms with Gasteiger partial charge in [-0.15, -0.1) is 0 Å². The molecule has 0 saturated carbocycles. The molecule has 0 aromatic heterocycles. The van der Waals surface area contributed by atoms with Crippen molar-refractivity contribution in [3.05, 3.63) is 46.5 Å². The highest BCUT2D eigenvalue weighted by molar-refractivity contribution is 7.68. The van der Waals surface area contributed by atoms with Crippen molar-refractivity contribution in [1.29, 1.82) is 0 Å². The molecule has 0 heterocycles. The molecule has 0 N–H and O–H groups in total. The van der Waals surface area contributed by atoms with E-state index in [1.807, 2.05) is 0 Å². The third kappa shape index (κ3) is 3.52. The van der Waals surface area contributed by atoms with E-state index < -0.39 is 8.15 Å². The highest BCUT2D eigenvalue weighted by atomic mass is 31.1. The van der Waals surface area contributed by atoms with Crippen LogP contribution in [0.1, 0.15) is 22.3 Å². The zero-order valence-electron chi connectivity index (χ0n) is 15.0. The van der Waals surface area contributed by atoms with Crippen LogP contribution in [0.2, 0.25) is 0 Å². The van der Waals surface area contributed by atoms with Gasteiger partial charge in [-0.1, -0.05) is 0 Å². The second-order valence-electron chi connectivity index (χ2n) is 5.70. The number of ether oxygens (including phenoxy) is 2. The number of hydrogen-bond donors (Lipinski definition) is 0. The summed E-state index contributed by atoms with van der Waals surface area (Å²) in [5.41, 5.74) is 4.53. The fourth-order valence-electron chi connectivity index (χ4n) is 3.09. The van der Waals surface area contributed by atoms with E-state index in [9.17, 15) is 0 Å². The van der Waals surface area contributed by atoms with Gasteiger partial charge in [0.05, 0.1) is 22.4 Å². The van der Waals surface area contributed by atoms with Gasteiger partial charge in [-0.25, -0.2) is 0 Å². The Balaban J connectivity index is 2.53. The molecule has 0 unspecified atom stereocenters. The lowest BCUT2D eigenvalue weighted by Gasteiger charge is -2.20. The van der Waals surface area contributed by atoms with Crippen LogP contribution in [0.3, 0.4) is 0 Å². The summed E-state index contributed by atoms with van der Waals surface area (Å²) in [4.78, 5) is 0. The first-order valence-corrected chi connectivity index (χ1v) is 8.83. The molecular weight excluding hydrogens is 307 g/mol. The van der Waals surface area contributed by atoms with Gasteiger partial charge in [-0.05, 0) is 74.2 Å².